The molecule has 2 aromatic rings. The lowest BCUT2D eigenvalue weighted by Gasteiger charge is -2.24. The average Bonchev–Trinajstić information content (AvgIpc) is 2.47. The van der Waals surface area contributed by atoms with Crippen LogP contribution in [-0.4, -0.2) is 34.3 Å². The van der Waals surface area contributed by atoms with Gasteiger partial charge in [0.2, 0.25) is 0 Å². The van der Waals surface area contributed by atoms with E-state index in [9.17, 15) is 22.8 Å². The van der Waals surface area contributed by atoms with E-state index in [-0.39, 0.29) is 10.9 Å². The van der Waals surface area contributed by atoms with E-state index in [1.54, 1.807) is 13.8 Å². The Bertz CT molecular complexity index is 828. The Kier molecular flexibility index (Phi) is 4.54. The van der Waals surface area contributed by atoms with Crippen LogP contribution in [0, 0.1) is 0 Å². The van der Waals surface area contributed by atoms with Gasteiger partial charge in [0.05, 0.1) is 24.3 Å². The molecular formula is C15H16F3N3O3. The minimum absolute atomic E-state index is 0.0585. The van der Waals surface area contributed by atoms with Crippen molar-refractivity contribution in [2.45, 2.75) is 32.1 Å². The number of alkyl halides is 3. The van der Waals surface area contributed by atoms with Crippen LogP contribution in [0.1, 0.15) is 13.8 Å². The van der Waals surface area contributed by atoms with Crippen molar-refractivity contribution in [2.24, 2.45) is 0 Å². The van der Waals surface area contributed by atoms with Gasteiger partial charge in [-0.3, -0.25) is 9.36 Å². The lowest BCUT2D eigenvalue weighted by atomic mass is 10.1. The lowest BCUT2D eigenvalue weighted by Crippen LogP contribution is -2.41. The van der Waals surface area contributed by atoms with Gasteiger partial charge in [-0.1, -0.05) is 0 Å². The number of anilines is 1. The lowest BCUT2D eigenvalue weighted by molar-refractivity contribution is -0.144. The smallest absolute Gasteiger partial charge is 0.406 e. The summed E-state index contributed by atoms with van der Waals surface area (Å²) < 4.78 is 42.5. The van der Waals surface area contributed by atoms with Gasteiger partial charge in [0, 0.05) is 5.69 Å². The summed E-state index contributed by atoms with van der Waals surface area (Å²) in [6.45, 7) is 1.82. The highest BCUT2D eigenvalue weighted by molar-refractivity contribution is 5.86. The first kappa shape index (κ1) is 17.8. The first-order valence-electron chi connectivity index (χ1n) is 6.96. The molecule has 0 atom stereocenters. The number of hydrogen-bond acceptors (Lipinski definition) is 5. The molecule has 1 aromatic carbocycles. The number of ether oxygens (including phenoxy) is 1. The molecule has 2 rings (SSSR count). The zero-order valence-electron chi connectivity index (χ0n) is 13.3. The highest BCUT2D eigenvalue weighted by atomic mass is 19.4. The number of methoxy groups -OCH3 is 1. The summed E-state index contributed by atoms with van der Waals surface area (Å²) in [5.74, 6) is -0.490. The number of esters is 1. The number of nitrogens with one attached hydrogen (secondary N) is 1. The van der Waals surface area contributed by atoms with E-state index >= 15 is 0 Å². The molecule has 0 aliphatic rings. The van der Waals surface area contributed by atoms with Crippen molar-refractivity contribution in [3.05, 3.63) is 34.9 Å². The highest BCUT2D eigenvalue weighted by Gasteiger charge is 2.29. The zero-order valence-corrected chi connectivity index (χ0v) is 13.3. The minimum atomic E-state index is -4.51. The fraction of sp³-hybridized carbons (Fsp3) is 0.400. The normalized spacial score (nSPS) is 12.2. The van der Waals surface area contributed by atoms with Crippen LogP contribution in [-0.2, 0) is 16.1 Å². The third kappa shape index (κ3) is 3.84. The van der Waals surface area contributed by atoms with E-state index in [2.05, 4.69) is 15.0 Å². The minimum Gasteiger partial charge on any atom is -0.467 e. The van der Waals surface area contributed by atoms with E-state index in [0.717, 1.165) is 6.33 Å². The maximum atomic E-state index is 12.4. The fourth-order valence-corrected chi connectivity index (χ4v) is 2.21. The SMILES string of the molecule is COC(=O)C(C)(C)Nc1ccc2c(=O)n(CC(F)(F)F)cnc2c1. The maximum absolute atomic E-state index is 12.4. The molecule has 1 N–H and O–H groups in total. The molecule has 0 radical (unpaired) electrons. The topological polar surface area (TPSA) is 73.2 Å². The number of aromatic nitrogens is 2. The molecule has 0 saturated heterocycles. The van der Waals surface area contributed by atoms with Gasteiger partial charge in [0.1, 0.15) is 12.1 Å². The molecule has 0 aliphatic heterocycles. The predicted molar refractivity (Wildman–Crippen MR) is 81.8 cm³/mol. The summed E-state index contributed by atoms with van der Waals surface area (Å²) in [6.07, 6.45) is -3.65. The summed E-state index contributed by atoms with van der Waals surface area (Å²) in [5, 5.41) is 2.99. The molecule has 6 nitrogen and oxygen atoms in total. The monoisotopic (exact) mass is 343 g/mol. The molecular weight excluding hydrogens is 327 g/mol. The molecule has 1 heterocycles. The number of rotatable bonds is 4. The molecule has 24 heavy (non-hydrogen) atoms. The first-order chi connectivity index (χ1) is 11.0. The van der Waals surface area contributed by atoms with Crippen LogP contribution < -0.4 is 10.9 Å². The van der Waals surface area contributed by atoms with Gasteiger partial charge in [-0.05, 0) is 32.0 Å². The molecule has 0 unspecified atom stereocenters. The van der Waals surface area contributed by atoms with Gasteiger partial charge < -0.3 is 10.1 Å². The Morgan fingerprint density at radius 2 is 2.00 bits per heavy atom. The molecule has 0 fully saturated rings. The van der Waals surface area contributed by atoms with Gasteiger partial charge in [0.15, 0.2) is 0 Å². The zero-order chi connectivity index (χ0) is 18.1. The number of fused-ring (bicyclic) bond motifs is 1. The van der Waals surface area contributed by atoms with Crippen molar-refractivity contribution in [2.75, 3.05) is 12.4 Å². The second kappa shape index (κ2) is 6.14. The van der Waals surface area contributed by atoms with Crippen molar-refractivity contribution < 1.29 is 22.7 Å². The Hall–Kier alpha value is -2.58. The third-order valence-corrected chi connectivity index (χ3v) is 3.33. The quantitative estimate of drug-likeness (QED) is 0.863. The second-order valence-electron chi connectivity index (χ2n) is 5.77. The molecule has 130 valence electrons. The number of carbonyl (C=O) groups is 1. The third-order valence-electron chi connectivity index (χ3n) is 3.33. The Balaban J connectivity index is 2.38. The van der Waals surface area contributed by atoms with E-state index in [1.807, 2.05) is 0 Å². The molecule has 0 saturated carbocycles. The van der Waals surface area contributed by atoms with E-state index in [1.165, 1.54) is 25.3 Å². The highest BCUT2D eigenvalue weighted by Crippen LogP contribution is 2.21. The molecule has 0 amide bonds. The van der Waals surface area contributed by atoms with Crippen molar-refractivity contribution in [3.8, 4) is 0 Å². The van der Waals surface area contributed by atoms with Gasteiger partial charge in [-0.25, -0.2) is 9.78 Å². The number of halogens is 3. The Morgan fingerprint density at radius 3 is 2.58 bits per heavy atom. The number of benzene rings is 1. The van der Waals surface area contributed by atoms with Crippen molar-refractivity contribution >= 4 is 22.6 Å². The van der Waals surface area contributed by atoms with Crippen LogP contribution in [0.3, 0.4) is 0 Å². The molecule has 0 bridgehead atoms. The number of nitrogens with zero attached hydrogens (tertiary/aromatic N) is 2. The van der Waals surface area contributed by atoms with Crippen LogP contribution in [0.4, 0.5) is 18.9 Å². The van der Waals surface area contributed by atoms with Gasteiger partial charge in [-0.2, -0.15) is 13.2 Å². The first-order valence-corrected chi connectivity index (χ1v) is 6.96. The van der Waals surface area contributed by atoms with Crippen LogP contribution in [0.2, 0.25) is 0 Å². The van der Waals surface area contributed by atoms with Crippen LogP contribution in [0.15, 0.2) is 29.3 Å². The fourth-order valence-electron chi connectivity index (χ4n) is 2.21. The second-order valence-corrected chi connectivity index (χ2v) is 5.77. The molecule has 0 spiro atoms. The standard InChI is InChI=1S/C15H16F3N3O3/c1-14(2,13(23)24-3)20-9-4-5-10-11(6-9)19-8-21(12(10)22)7-15(16,17)18/h4-6,8,20H,7H2,1-3H3. The van der Waals surface area contributed by atoms with E-state index < -0.39 is 29.8 Å². The summed E-state index contributed by atoms with van der Waals surface area (Å²) in [4.78, 5) is 27.6. The van der Waals surface area contributed by atoms with Gasteiger partial charge in [-0.15, -0.1) is 0 Å². The number of carbonyl (C=O) groups excluding carboxylic acids is 1. The van der Waals surface area contributed by atoms with Crippen molar-refractivity contribution in [1.82, 2.24) is 9.55 Å². The van der Waals surface area contributed by atoms with Gasteiger partial charge >= 0.3 is 12.1 Å². The molecule has 9 heteroatoms. The maximum Gasteiger partial charge on any atom is 0.406 e. The Labute approximate surface area is 135 Å². The Morgan fingerprint density at radius 1 is 1.33 bits per heavy atom. The summed E-state index contributed by atoms with van der Waals surface area (Å²) in [7, 11) is 1.26. The van der Waals surface area contributed by atoms with E-state index in [0.29, 0.717) is 10.3 Å². The number of hydrogen-bond donors (Lipinski definition) is 1. The summed E-state index contributed by atoms with van der Waals surface area (Å²) in [5.41, 5.74) is -1.09. The largest absolute Gasteiger partial charge is 0.467 e. The van der Waals surface area contributed by atoms with Crippen LogP contribution in [0.25, 0.3) is 10.9 Å². The van der Waals surface area contributed by atoms with E-state index in [4.69, 9.17) is 0 Å². The van der Waals surface area contributed by atoms with Crippen molar-refractivity contribution in [3.63, 3.8) is 0 Å². The average molecular weight is 343 g/mol. The predicted octanol–water partition coefficient (Wildman–Crippen LogP) is 2.32. The summed E-state index contributed by atoms with van der Waals surface area (Å²) in [6, 6.07) is 4.35. The van der Waals surface area contributed by atoms with Crippen molar-refractivity contribution in [1.29, 1.82) is 0 Å². The molecule has 0 aliphatic carbocycles. The summed E-state index contributed by atoms with van der Waals surface area (Å²) >= 11 is 0. The van der Waals surface area contributed by atoms with Gasteiger partial charge in [0.25, 0.3) is 5.56 Å². The molecule has 1 aromatic heterocycles. The van der Waals surface area contributed by atoms with Crippen LogP contribution in [0.5, 0.6) is 0 Å². The van der Waals surface area contributed by atoms with Crippen LogP contribution >= 0.6 is 0 Å².